The minimum absolute atomic E-state index is 0.0167. The van der Waals surface area contributed by atoms with Crippen LogP contribution in [0.3, 0.4) is 0 Å². The van der Waals surface area contributed by atoms with Gasteiger partial charge in [-0.15, -0.1) is 0 Å². The first-order valence-electron chi connectivity index (χ1n) is 5.03. The van der Waals surface area contributed by atoms with Crippen LogP contribution < -0.4 is 5.32 Å². The molecule has 1 heterocycles. The van der Waals surface area contributed by atoms with E-state index in [4.69, 9.17) is 5.11 Å². The minimum Gasteiger partial charge on any atom is -0.477 e. The van der Waals surface area contributed by atoms with Crippen molar-refractivity contribution in [3.05, 3.63) is 18.1 Å². The van der Waals surface area contributed by atoms with E-state index in [1.54, 1.807) is 0 Å². The summed E-state index contributed by atoms with van der Waals surface area (Å²) in [6.07, 6.45) is 4.63. The van der Waals surface area contributed by atoms with Gasteiger partial charge in [0.2, 0.25) is 0 Å². The molecule has 0 atom stereocenters. The third kappa shape index (κ3) is 3.93. The van der Waals surface area contributed by atoms with Gasteiger partial charge in [0.15, 0.2) is 5.69 Å². The topological polar surface area (TPSA) is 75.1 Å². The lowest BCUT2D eigenvalue weighted by molar-refractivity contribution is 0.0690. The number of rotatable bonds is 6. The van der Waals surface area contributed by atoms with E-state index in [9.17, 15) is 4.79 Å². The molecule has 1 aromatic heterocycles. The first-order chi connectivity index (χ1) is 7.24. The summed E-state index contributed by atoms with van der Waals surface area (Å²) in [6.45, 7) is 2.94. The number of carbonyl (C=O) groups is 1. The standard InChI is InChI=1S/C10H15N3O2/c1-2-3-4-5-11-9-6-8(10(14)15)12-7-13-9/h6-7H,2-5H2,1H3,(H,14,15)(H,11,12,13). The Labute approximate surface area is 88.6 Å². The molecule has 5 nitrogen and oxygen atoms in total. The van der Waals surface area contributed by atoms with Gasteiger partial charge >= 0.3 is 5.97 Å². The highest BCUT2D eigenvalue weighted by Gasteiger charge is 2.04. The van der Waals surface area contributed by atoms with Gasteiger partial charge in [-0.2, -0.15) is 0 Å². The Hall–Kier alpha value is -1.65. The van der Waals surface area contributed by atoms with Crippen LogP contribution >= 0.6 is 0 Å². The summed E-state index contributed by atoms with van der Waals surface area (Å²) in [4.78, 5) is 18.2. The van der Waals surface area contributed by atoms with Gasteiger partial charge in [-0.05, 0) is 6.42 Å². The number of hydrogen-bond donors (Lipinski definition) is 2. The number of aromatic carboxylic acids is 1. The summed E-state index contributed by atoms with van der Waals surface area (Å²) in [5, 5.41) is 11.8. The van der Waals surface area contributed by atoms with Crippen molar-refractivity contribution >= 4 is 11.8 Å². The summed E-state index contributed by atoms with van der Waals surface area (Å²) in [5.74, 6) is -0.465. The van der Waals surface area contributed by atoms with E-state index in [0.717, 1.165) is 25.8 Å². The summed E-state index contributed by atoms with van der Waals surface area (Å²) >= 11 is 0. The van der Waals surface area contributed by atoms with Crippen LogP contribution in [0.5, 0.6) is 0 Å². The quantitative estimate of drug-likeness (QED) is 0.698. The molecular weight excluding hydrogens is 194 g/mol. The second-order valence-corrected chi connectivity index (χ2v) is 3.23. The van der Waals surface area contributed by atoms with E-state index in [2.05, 4.69) is 22.2 Å². The summed E-state index contributed by atoms with van der Waals surface area (Å²) in [5.41, 5.74) is 0.0167. The zero-order chi connectivity index (χ0) is 11.1. The molecule has 1 rings (SSSR count). The molecule has 1 aromatic rings. The second-order valence-electron chi connectivity index (χ2n) is 3.23. The van der Waals surface area contributed by atoms with Crippen LogP contribution in [0.2, 0.25) is 0 Å². The smallest absolute Gasteiger partial charge is 0.354 e. The van der Waals surface area contributed by atoms with Crippen LogP contribution in [0.15, 0.2) is 12.4 Å². The molecule has 0 radical (unpaired) electrons. The van der Waals surface area contributed by atoms with Crippen LogP contribution in [0, 0.1) is 0 Å². The molecule has 0 bridgehead atoms. The normalized spacial score (nSPS) is 9.93. The van der Waals surface area contributed by atoms with Crippen molar-refractivity contribution in [1.29, 1.82) is 0 Å². The average Bonchev–Trinajstić information content (AvgIpc) is 2.25. The fourth-order valence-corrected chi connectivity index (χ4v) is 1.16. The van der Waals surface area contributed by atoms with Crippen molar-refractivity contribution in [2.24, 2.45) is 0 Å². The number of carboxylic acid groups (broad SMARTS) is 1. The van der Waals surface area contributed by atoms with Crippen molar-refractivity contribution < 1.29 is 9.90 Å². The molecule has 5 heteroatoms. The fraction of sp³-hybridized carbons (Fsp3) is 0.500. The Balaban J connectivity index is 2.47. The molecule has 0 amide bonds. The van der Waals surface area contributed by atoms with Crippen molar-refractivity contribution in [2.75, 3.05) is 11.9 Å². The Bertz CT molecular complexity index is 328. The van der Waals surface area contributed by atoms with Gasteiger partial charge in [0, 0.05) is 12.6 Å². The maximum absolute atomic E-state index is 10.6. The molecule has 0 aliphatic carbocycles. The molecule has 0 aliphatic heterocycles. The summed E-state index contributed by atoms with van der Waals surface area (Å²) in [7, 11) is 0. The summed E-state index contributed by atoms with van der Waals surface area (Å²) in [6, 6.07) is 1.44. The van der Waals surface area contributed by atoms with Gasteiger partial charge in [-0.3, -0.25) is 0 Å². The molecule has 0 aromatic carbocycles. The number of nitrogens with zero attached hydrogens (tertiary/aromatic N) is 2. The van der Waals surface area contributed by atoms with E-state index in [1.807, 2.05) is 0 Å². The van der Waals surface area contributed by atoms with E-state index < -0.39 is 5.97 Å². The van der Waals surface area contributed by atoms with Crippen LogP contribution in [0.4, 0.5) is 5.82 Å². The van der Waals surface area contributed by atoms with Crippen molar-refractivity contribution in [3.63, 3.8) is 0 Å². The van der Waals surface area contributed by atoms with Crippen molar-refractivity contribution in [3.8, 4) is 0 Å². The molecule has 0 saturated carbocycles. The van der Waals surface area contributed by atoms with Crippen LogP contribution in [-0.2, 0) is 0 Å². The predicted octanol–water partition coefficient (Wildman–Crippen LogP) is 1.78. The highest BCUT2D eigenvalue weighted by molar-refractivity contribution is 5.85. The molecule has 0 fully saturated rings. The lowest BCUT2D eigenvalue weighted by atomic mass is 10.2. The number of anilines is 1. The van der Waals surface area contributed by atoms with Crippen LogP contribution in [-0.4, -0.2) is 27.6 Å². The lowest BCUT2D eigenvalue weighted by Gasteiger charge is -2.04. The van der Waals surface area contributed by atoms with Crippen LogP contribution in [0.25, 0.3) is 0 Å². The first-order valence-corrected chi connectivity index (χ1v) is 5.03. The Morgan fingerprint density at radius 3 is 2.93 bits per heavy atom. The Morgan fingerprint density at radius 2 is 2.27 bits per heavy atom. The van der Waals surface area contributed by atoms with E-state index >= 15 is 0 Å². The van der Waals surface area contributed by atoms with Gasteiger partial charge in [-0.1, -0.05) is 19.8 Å². The van der Waals surface area contributed by atoms with E-state index in [0.29, 0.717) is 5.82 Å². The number of aromatic nitrogens is 2. The third-order valence-corrected chi connectivity index (χ3v) is 1.97. The van der Waals surface area contributed by atoms with Gasteiger partial charge in [-0.25, -0.2) is 14.8 Å². The highest BCUT2D eigenvalue weighted by atomic mass is 16.4. The number of nitrogens with one attached hydrogen (secondary N) is 1. The molecular formula is C10H15N3O2. The molecule has 2 N–H and O–H groups in total. The third-order valence-electron chi connectivity index (χ3n) is 1.97. The highest BCUT2D eigenvalue weighted by Crippen LogP contribution is 2.04. The SMILES string of the molecule is CCCCCNc1cc(C(=O)O)ncn1. The van der Waals surface area contributed by atoms with E-state index in [1.165, 1.54) is 12.4 Å². The van der Waals surface area contributed by atoms with Gasteiger partial charge in [0.25, 0.3) is 0 Å². The zero-order valence-corrected chi connectivity index (χ0v) is 8.73. The van der Waals surface area contributed by atoms with Crippen molar-refractivity contribution in [1.82, 2.24) is 9.97 Å². The first kappa shape index (κ1) is 11.4. The maximum Gasteiger partial charge on any atom is 0.354 e. The van der Waals surface area contributed by atoms with E-state index in [-0.39, 0.29) is 5.69 Å². The predicted molar refractivity (Wildman–Crippen MR) is 57.0 cm³/mol. The second kappa shape index (κ2) is 5.95. The number of hydrogen-bond acceptors (Lipinski definition) is 4. The van der Waals surface area contributed by atoms with Crippen LogP contribution in [0.1, 0.15) is 36.7 Å². The summed E-state index contributed by atoms with van der Waals surface area (Å²) < 4.78 is 0. The Morgan fingerprint density at radius 1 is 1.47 bits per heavy atom. The molecule has 0 unspecified atom stereocenters. The van der Waals surface area contributed by atoms with Crippen molar-refractivity contribution in [2.45, 2.75) is 26.2 Å². The largest absolute Gasteiger partial charge is 0.477 e. The molecule has 0 saturated heterocycles. The Kier molecular flexibility index (Phi) is 4.53. The minimum atomic E-state index is -1.03. The van der Waals surface area contributed by atoms with Gasteiger partial charge in [0.1, 0.15) is 12.1 Å². The lowest BCUT2D eigenvalue weighted by Crippen LogP contribution is -2.06. The van der Waals surface area contributed by atoms with Gasteiger partial charge in [0.05, 0.1) is 0 Å². The molecule has 0 spiro atoms. The molecule has 15 heavy (non-hydrogen) atoms. The van der Waals surface area contributed by atoms with Gasteiger partial charge < -0.3 is 10.4 Å². The number of unbranched alkanes of at least 4 members (excludes halogenated alkanes) is 2. The maximum atomic E-state index is 10.6. The monoisotopic (exact) mass is 209 g/mol. The zero-order valence-electron chi connectivity index (χ0n) is 8.73. The molecule has 0 aliphatic rings. The average molecular weight is 209 g/mol. The number of carboxylic acids is 1. The fourth-order valence-electron chi connectivity index (χ4n) is 1.16. The molecule has 82 valence electrons.